The van der Waals surface area contributed by atoms with Crippen molar-refractivity contribution in [2.45, 2.75) is 4.90 Å². The minimum Gasteiger partial charge on any atom is -0.497 e. The van der Waals surface area contributed by atoms with E-state index in [-0.39, 0.29) is 23.9 Å². The van der Waals surface area contributed by atoms with Gasteiger partial charge in [0, 0.05) is 7.05 Å². The van der Waals surface area contributed by atoms with Crippen LogP contribution in [0.25, 0.3) is 0 Å². The number of hydrogen-bond donors (Lipinski definition) is 0. The number of methoxy groups -OCH3 is 1. The van der Waals surface area contributed by atoms with Gasteiger partial charge in [0.05, 0.1) is 17.7 Å². The van der Waals surface area contributed by atoms with Crippen molar-refractivity contribution in [3.63, 3.8) is 0 Å². The zero-order valence-electron chi connectivity index (χ0n) is 16.6. The van der Waals surface area contributed by atoms with Crippen LogP contribution in [-0.2, 0) is 10.0 Å². The van der Waals surface area contributed by atoms with Gasteiger partial charge in [-0.05, 0) is 60.7 Å². The molecule has 3 aromatic rings. The number of sulfonamides is 1. The lowest BCUT2D eigenvalue weighted by Crippen LogP contribution is -2.26. The van der Waals surface area contributed by atoms with Gasteiger partial charge in [-0.3, -0.25) is 4.31 Å². The molecule has 0 aliphatic heterocycles. The molecule has 0 amide bonds. The van der Waals surface area contributed by atoms with Crippen molar-refractivity contribution in [2.24, 2.45) is 0 Å². The molecule has 30 heavy (non-hydrogen) atoms. The van der Waals surface area contributed by atoms with E-state index in [1.165, 1.54) is 36.7 Å². The molecule has 0 heterocycles. The summed E-state index contributed by atoms with van der Waals surface area (Å²) in [6.07, 6.45) is 0. The molecule has 0 bridgehead atoms. The van der Waals surface area contributed by atoms with Crippen LogP contribution in [0.2, 0.25) is 0 Å². The highest BCUT2D eigenvalue weighted by Crippen LogP contribution is 2.25. The van der Waals surface area contributed by atoms with Crippen molar-refractivity contribution in [2.75, 3.05) is 31.7 Å². The van der Waals surface area contributed by atoms with E-state index >= 15 is 0 Å². The molecule has 6 nitrogen and oxygen atoms in total. The maximum atomic E-state index is 13.5. The van der Waals surface area contributed by atoms with Gasteiger partial charge in [-0.15, -0.1) is 0 Å². The van der Waals surface area contributed by atoms with Crippen molar-refractivity contribution < 1.29 is 27.0 Å². The van der Waals surface area contributed by atoms with Gasteiger partial charge in [0.1, 0.15) is 24.7 Å². The number of nitrogens with zero attached hydrogens (tertiary/aromatic N) is 1. The van der Waals surface area contributed by atoms with Crippen molar-refractivity contribution in [1.82, 2.24) is 0 Å². The Balaban J connectivity index is 1.58. The Bertz CT molecular complexity index is 1070. The average Bonchev–Trinajstić information content (AvgIpc) is 2.77. The first kappa shape index (κ1) is 21.4. The highest BCUT2D eigenvalue weighted by atomic mass is 32.2. The summed E-state index contributed by atoms with van der Waals surface area (Å²) in [6.45, 7) is 0.391. The van der Waals surface area contributed by atoms with Crippen molar-refractivity contribution in [1.29, 1.82) is 0 Å². The third-order valence-electron chi connectivity index (χ3n) is 4.36. The molecule has 0 N–H and O–H groups in total. The Morgan fingerprint density at radius 1 is 0.833 bits per heavy atom. The predicted molar refractivity (Wildman–Crippen MR) is 112 cm³/mol. The van der Waals surface area contributed by atoms with Crippen LogP contribution in [0, 0.1) is 5.82 Å². The molecule has 0 atom stereocenters. The molecule has 0 aliphatic rings. The van der Waals surface area contributed by atoms with Gasteiger partial charge in [-0.1, -0.05) is 12.1 Å². The van der Waals surface area contributed by atoms with Crippen molar-refractivity contribution in [3.8, 4) is 17.2 Å². The van der Waals surface area contributed by atoms with E-state index < -0.39 is 15.8 Å². The highest BCUT2D eigenvalue weighted by Gasteiger charge is 2.21. The van der Waals surface area contributed by atoms with E-state index in [9.17, 15) is 12.8 Å². The number of benzene rings is 3. The van der Waals surface area contributed by atoms with Crippen LogP contribution in [0.15, 0.2) is 77.7 Å². The molecule has 0 radical (unpaired) electrons. The van der Waals surface area contributed by atoms with Gasteiger partial charge in [-0.25, -0.2) is 12.8 Å². The number of hydrogen-bond acceptors (Lipinski definition) is 5. The van der Waals surface area contributed by atoms with Gasteiger partial charge < -0.3 is 14.2 Å². The summed E-state index contributed by atoms with van der Waals surface area (Å²) in [5.74, 6) is 0.869. The largest absolute Gasteiger partial charge is 0.497 e. The Kier molecular flexibility index (Phi) is 6.79. The summed E-state index contributed by atoms with van der Waals surface area (Å²) < 4.78 is 56.2. The summed E-state index contributed by atoms with van der Waals surface area (Å²) in [7, 11) is -0.701. The van der Waals surface area contributed by atoms with Crippen LogP contribution in [0.1, 0.15) is 0 Å². The fraction of sp³-hybridized carbons (Fsp3) is 0.182. The van der Waals surface area contributed by atoms with Crippen LogP contribution in [-0.4, -0.2) is 35.8 Å². The molecule has 0 fully saturated rings. The van der Waals surface area contributed by atoms with E-state index in [0.29, 0.717) is 17.2 Å². The summed E-state index contributed by atoms with van der Waals surface area (Å²) in [5.41, 5.74) is 0.487. The van der Waals surface area contributed by atoms with Gasteiger partial charge in [0.2, 0.25) is 0 Å². The first-order valence-corrected chi connectivity index (χ1v) is 10.6. The lowest BCUT2D eigenvalue weighted by atomic mass is 10.3. The van der Waals surface area contributed by atoms with E-state index in [4.69, 9.17) is 14.2 Å². The molecule has 0 saturated carbocycles. The maximum absolute atomic E-state index is 13.5. The van der Waals surface area contributed by atoms with E-state index in [0.717, 1.165) is 0 Å². The number of rotatable bonds is 9. The molecule has 0 aromatic heterocycles. The molecule has 158 valence electrons. The lowest BCUT2D eigenvalue weighted by Gasteiger charge is -2.20. The monoisotopic (exact) mass is 431 g/mol. The topological polar surface area (TPSA) is 65.1 Å². The zero-order valence-corrected chi connectivity index (χ0v) is 17.4. The molecular weight excluding hydrogens is 409 g/mol. The molecule has 0 aliphatic carbocycles. The predicted octanol–water partition coefficient (Wildman–Crippen LogP) is 4.12. The number of para-hydroxylation sites is 1. The summed E-state index contributed by atoms with van der Waals surface area (Å²) in [4.78, 5) is 0.163. The fourth-order valence-electron chi connectivity index (χ4n) is 2.67. The molecule has 3 aromatic carbocycles. The molecule has 0 unspecified atom stereocenters. The molecule has 8 heteroatoms. The Hall–Kier alpha value is -3.26. The Labute approximate surface area is 175 Å². The molecular formula is C22H22FNO5S. The van der Waals surface area contributed by atoms with Crippen molar-refractivity contribution in [3.05, 3.63) is 78.6 Å². The van der Waals surface area contributed by atoms with E-state index in [2.05, 4.69) is 0 Å². The Morgan fingerprint density at radius 2 is 1.43 bits per heavy atom. The second-order valence-corrected chi connectivity index (χ2v) is 8.24. The summed E-state index contributed by atoms with van der Waals surface area (Å²) in [5, 5.41) is 0. The van der Waals surface area contributed by atoms with E-state index in [1.807, 2.05) is 0 Å². The van der Waals surface area contributed by atoms with Crippen LogP contribution in [0.5, 0.6) is 17.2 Å². The van der Waals surface area contributed by atoms with Crippen LogP contribution >= 0.6 is 0 Å². The van der Waals surface area contributed by atoms with Crippen molar-refractivity contribution >= 4 is 15.7 Å². The standard InChI is InChI=1S/C22H22FNO5S/c1-24(30(25,26)20-13-11-18(27-2)12-14-20)17-7-9-19(10-8-17)28-15-16-29-22-6-4-3-5-21(22)23/h3-14H,15-16H2,1-2H3. The normalized spacial score (nSPS) is 11.0. The lowest BCUT2D eigenvalue weighted by molar-refractivity contribution is 0.211. The SMILES string of the molecule is COc1ccc(S(=O)(=O)N(C)c2ccc(OCCOc3ccccc3F)cc2)cc1. The van der Waals surface area contributed by atoms with E-state index in [1.54, 1.807) is 54.6 Å². The summed E-state index contributed by atoms with van der Waals surface area (Å²) in [6, 6.07) is 19.0. The third-order valence-corrected chi connectivity index (χ3v) is 6.16. The first-order valence-electron chi connectivity index (χ1n) is 9.15. The molecule has 0 spiro atoms. The zero-order chi connectivity index (χ0) is 21.6. The van der Waals surface area contributed by atoms with Crippen LogP contribution < -0.4 is 18.5 Å². The Morgan fingerprint density at radius 3 is 2.07 bits per heavy atom. The quantitative estimate of drug-likeness (QED) is 0.477. The summed E-state index contributed by atoms with van der Waals surface area (Å²) >= 11 is 0. The minimum atomic E-state index is -3.70. The van der Waals surface area contributed by atoms with Gasteiger partial charge in [0.15, 0.2) is 11.6 Å². The highest BCUT2D eigenvalue weighted by molar-refractivity contribution is 7.92. The average molecular weight is 431 g/mol. The maximum Gasteiger partial charge on any atom is 0.264 e. The van der Waals surface area contributed by atoms with Crippen LogP contribution in [0.4, 0.5) is 10.1 Å². The second-order valence-electron chi connectivity index (χ2n) is 6.27. The smallest absolute Gasteiger partial charge is 0.264 e. The first-order chi connectivity index (χ1) is 14.4. The van der Waals surface area contributed by atoms with Gasteiger partial charge in [0.25, 0.3) is 10.0 Å². The minimum absolute atomic E-state index is 0.163. The fourth-order valence-corrected chi connectivity index (χ4v) is 3.87. The molecule has 0 saturated heterocycles. The number of halogens is 1. The van der Waals surface area contributed by atoms with Gasteiger partial charge >= 0.3 is 0 Å². The molecule has 3 rings (SSSR count). The third kappa shape index (κ3) is 5.01. The number of ether oxygens (including phenoxy) is 3. The second kappa shape index (κ2) is 9.49. The number of anilines is 1. The van der Waals surface area contributed by atoms with Crippen LogP contribution in [0.3, 0.4) is 0 Å². The van der Waals surface area contributed by atoms with Gasteiger partial charge in [-0.2, -0.15) is 0 Å².